The summed E-state index contributed by atoms with van der Waals surface area (Å²) in [6, 6.07) is 19.9. The molecule has 4 N–H and O–H groups in total. The maximum Gasteiger partial charge on any atom is 0.294 e. The van der Waals surface area contributed by atoms with Gasteiger partial charge in [-0.25, -0.2) is 0 Å². The largest absolute Gasteiger partial charge is 0.355 e. The van der Waals surface area contributed by atoms with Gasteiger partial charge >= 0.3 is 0 Å². The number of fused-ring (bicyclic) bond motifs is 2. The molecule has 0 saturated carbocycles. The van der Waals surface area contributed by atoms with Crippen LogP contribution in [0.15, 0.2) is 94.7 Å². The van der Waals surface area contributed by atoms with Gasteiger partial charge in [0, 0.05) is 33.8 Å². The van der Waals surface area contributed by atoms with Crippen LogP contribution in [0, 0.1) is 0 Å². The summed E-state index contributed by atoms with van der Waals surface area (Å²) in [5.41, 5.74) is 2.22. The van der Waals surface area contributed by atoms with Crippen LogP contribution in [0.4, 0.5) is 22.7 Å². The predicted molar refractivity (Wildman–Crippen MR) is 139 cm³/mol. The minimum atomic E-state index is -4.40. The van der Waals surface area contributed by atoms with Gasteiger partial charge in [-0.3, -0.25) is 18.7 Å². The average molecular weight is 551 g/mol. The number of benzene rings is 4. The topological polar surface area (TPSA) is 167 Å². The first-order valence-electron chi connectivity index (χ1n) is 11.0. The average Bonchev–Trinajstić information content (AvgIpc) is 2.87. The van der Waals surface area contributed by atoms with Crippen LogP contribution in [0.3, 0.4) is 0 Å². The van der Waals surface area contributed by atoms with Crippen molar-refractivity contribution >= 4 is 54.6 Å². The molecule has 5 rings (SSSR count). The van der Waals surface area contributed by atoms with E-state index in [2.05, 4.69) is 10.6 Å². The second-order valence-corrected chi connectivity index (χ2v) is 11.2. The van der Waals surface area contributed by atoms with Crippen molar-refractivity contribution in [3.05, 3.63) is 107 Å². The molecule has 0 saturated heterocycles. The molecule has 0 aliphatic heterocycles. The number of hydrogen-bond donors (Lipinski definition) is 4. The Kier molecular flexibility index (Phi) is 6.12. The summed E-state index contributed by atoms with van der Waals surface area (Å²) in [6.07, 6.45) is 0. The normalized spacial score (nSPS) is 13.0. The molecule has 12 heteroatoms. The molecule has 0 amide bonds. The summed E-state index contributed by atoms with van der Waals surface area (Å²) in [4.78, 5) is 26.2. The fraction of sp³-hybridized carbons (Fsp3) is 0. The molecule has 0 atom stereocenters. The summed E-state index contributed by atoms with van der Waals surface area (Å²) < 4.78 is 63.9. The van der Waals surface area contributed by atoms with Crippen molar-refractivity contribution in [1.29, 1.82) is 0 Å². The van der Waals surface area contributed by atoms with Gasteiger partial charge in [-0.2, -0.15) is 16.8 Å². The number of nitrogens with one attached hydrogen (secondary N) is 2. The van der Waals surface area contributed by atoms with Crippen LogP contribution in [0.25, 0.3) is 0 Å². The van der Waals surface area contributed by atoms with Gasteiger partial charge in [0.2, 0.25) is 0 Å². The first kappa shape index (κ1) is 25.3. The highest BCUT2D eigenvalue weighted by atomic mass is 32.2. The molecule has 1 aliphatic carbocycles. The van der Waals surface area contributed by atoms with E-state index in [4.69, 9.17) is 0 Å². The number of ketones is 2. The van der Waals surface area contributed by atoms with Gasteiger partial charge in [0.05, 0.1) is 21.0 Å². The molecular formula is C26H18N2O8S2. The van der Waals surface area contributed by atoms with E-state index in [1.807, 2.05) is 0 Å². The Balaban J connectivity index is 1.59. The van der Waals surface area contributed by atoms with Crippen LogP contribution in [-0.2, 0) is 20.2 Å². The predicted octanol–water partition coefficient (Wildman–Crippen LogP) is 4.44. The SMILES string of the molecule is O=C1c2ccccc2C(=O)c2c(Nc3ccc(S(=O)(=O)O)cc3)cc(Nc3ccc(S(=O)(=O)O)cc3)cc21. The van der Waals surface area contributed by atoms with Gasteiger partial charge in [0.25, 0.3) is 20.2 Å². The summed E-state index contributed by atoms with van der Waals surface area (Å²) in [6.45, 7) is 0. The zero-order valence-corrected chi connectivity index (χ0v) is 20.9. The maximum absolute atomic E-state index is 13.4. The van der Waals surface area contributed by atoms with Crippen LogP contribution >= 0.6 is 0 Å². The molecule has 0 radical (unpaired) electrons. The molecule has 4 aromatic carbocycles. The summed E-state index contributed by atoms with van der Waals surface area (Å²) in [5, 5.41) is 6.10. The van der Waals surface area contributed by atoms with Crippen molar-refractivity contribution < 1.29 is 35.5 Å². The molecule has 1 aliphatic rings. The third-order valence-electron chi connectivity index (χ3n) is 5.90. The second kappa shape index (κ2) is 9.19. The molecule has 0 fully saturated rings. The Bertz CT molecular complexity index is 1830. The Hall–Kier alpha value is -4.36. The first-order valence-corrected chi connectivity index (χ1v) is 13.9. The standard InChI is InChI=1S/C26H18N2O8S2/c29-25-20-3-1-2-4-21(20)26(30)24-22(25)13-17(27-15-5-9-18(10-6-15)37(31,32)33)14-23(24)28-16-7-11-19(12-8-16)38(34,35)36/h1-14,27-28H,(H,31,32,33)(H,34,35,36). The summed E-state index contributed by atoms with van der Waals surface area (Å²) >= 11 is 0. The fourth-order valence-electron chi connectivity index (χ4n) is 4.14. The van der Waals surface area contributed by atoms with Gasteiger partial charge in [-0.1, -0.05) is 24.3 Å². The van der Waals surface area contributed by atoms with E-state index < -0.39 is 20.2 Å². The molecule has 0 bridgehead atoms. The van der Waals surface area contributed by atoms with Crippen molar-refractivity contribution in [1.82, 2.24) is 0 Å². The first-order chi connectivity index (χ1) is 17.9. The number of rotatable bonds is 6. The quantitative estimate of drug-likeness (QED) is 0.222. The van der Waals surface area contributed by atoms with E-state index >= 15 is 0 Å². The highest BCUT2D eigenvalue weighted by Gasteiger charge is 2.32. The molecule has 0 unspecified atom stereocenters. The number of anilines is 4. The minimum Gasteiger partial charge on any atom is -0.355 e. The Morgan fingerprint density at radius 2 is 1.00 bits per heavy atom. The third-order valence-corrected chi connectivity index (χ3v) is 7.63. The number of carbonyl (C=O) groups is 2. The molecular weight excluding hydrogens is 532 g/mol. The number of hydrogen-bond acceptors (Lipinski definition) is 8. The lowest BCUT2D eigenvalue weighted by Gasteiger charge is -2.22. The zero-order chi connectivity index (χ0) is 27.2. The monoisotopic (exact) mass is 550 g/mol. The van der Waals surface area contributed by atoms with Gasteiger partial charge in [0.15, 0.2) is 11.6 Å². The number of carbonyl (C=O) groups excluding carboxylic acids is 2. The van der Waals surface area contributed by atoms with Crippen LogP contribution in [0.1, 0.15) is 31.8 Å². The summed E-state index contributed by atoms with van der Waals surface area (Å²) in [5.74, 6) is -0.748. The maximum atomic E-state index is 13.4. The molecule has 0 spiro atoms. The Morgan fingerprint density at radius 3 is 1.50 bits per heavy atom. The van der Waals surface area contributed by atoms with Gasteiger partial charge in [-0.05, 0) is 60.7 Å². The Morgan fingerprint density at radius 1 is 0.526 bits per heavy atom. The molecule has 38 heavy (non-hydrogen) atoms. The third kappa shape index (κ3) is 4.80. The lowest BCUT2D eigenvalue weighted by molar-refractivity contribution is 0.0980. The highest BCUT2D eigenvalue weighted by Crippen LogP contribution is 2.37. The highest BCUT2D eigenvalue weighted by molar-refractivity contribution is 7.86. The van der Waals surface area contributed by atoms with Crippen molar-refractivity contribution in [2.45, 2.75) is 9.79 Å². The minimum absolute atomic E-state index is 0.125. The van der Waals surface area contributed by atoms with E-state index in [9.17, 15) is 35.5 Å². The van der Waals surface area contributed by atoms with E-state index in [0.717, 1.165) is 0 Å². The van der Waals surface area contributed by atoms with Crippen LogP contribution in [0.5, 0.6) is 0 Å². The van der Waals surface area contributed by atoms with E-state index in [0.29, 0.717) is 17.1 Å². The molecule has 0 heterocycles. The van der Waals surface area contributed by atoms with Crippen molar-refractivity contribution in [3.8, 4) is 0 Å². The molecule has 192 valence electrons. The van der Waals surface area contributed by atoms with Crippen LogP contribution in [-0.4, -0.2) is 37.5 Å². The van der Waals surface area contributed by atoms with E-state index in [1.54, 1.807) is 30.3 Å². The lowest BCUT2D eigenvalue weighted by atomic mass is 9.83. The van der Waals surface area contributed by atoms with E-state index in [-0.39, 0.29) is 49.3 Å². The lowest BCUT2D eigenvalue weighted by Crippen LogP contribution is -2.22. The van der Waals surface area contributed by atoms with Crippen molar-refractivity contribution in [2.75, 3.05) is 10.6 Å². The van der Waals surface area contributed by atoms with Crippen molar-refractivity contribution in [2.24, 2.45) is 0 Å². The van der Waals surface area contributed by atoms with Gasteiger partial charge < -0.3 is 10.6 Å². The zero-order valence-electron chi connectivity index (χ0n) is 19.2. The molecule has 0 aromatic heterocycles. The van der Waals surface area contributed by atoms with Gasteiger partial charge in [0.1, 0.15) is 0 Å². The Labute approximate surface area is 217 Å². The van der Waals surface area contributed by atoms with Gasteiger partial charge in [-0.15, -0.1) is 0 Å². The second-order valence-electron chi connectivity index (χ2n) is 8.40. The van der Waals surface area contributed by atoms with Crippen LogP contribution in [0.2, 0.25) is 0 Å². The fourth-order valence-corrected chi connectivity index (χ4v) is 5.10. The van der Waals surface area contributed by atoms with Crippen molar-refractivity contribution in [3.63, 3.8) is 0 Å². The van der Waals surface area contributed by atoms with E-state index in [1.165, 1.54) is 54.6 Å². The van der Waals surface area contributed by atoms with Crippen LogP contribution < -0.4 is 10.6 Å². The smallest absolute Gasteiger partial charge is 0.294 e. The molecule has 4 aromatic rings. The summed E-state index contributed by atoms with van der Waals surface area (Å²) in [7, 11) is -8.77. The molecule has 10 nitrogen and oxygen atoms in total.